The van der Waals surface area contributed by atoms with E-state index in [1.807, 2.05) is 25.1 Å². The Morgan fingerprint density at radius 2 is 2.15 bits per heavy atom. The van der Waals surface area contributed by atoms with Gasteiger partial charge in [-0.25, -0.2) is 4.98 Å². The molecule has 1 aromatic carbocycles. The van der Waals surface area contributed by atoms with Crippen molar-refractivity contribution in [2.75, 3.05) is 5.32 Å². The van der Waals surface area contributed by atoms with E-state index in [0.29, 0.717) is 16.2 Å². The summed E-state index contributed by atoms with van der Waals surface area (Å²) in [4.78, 5) is 29.1. The van der Waals surface area contributed by atoms with Crippen molar-refractivity contribution in [3.63, 3.8) is 0 Å². The number of carbonyl (C=O) groups excluding carboxylic acids is 1. The molecule has 132 valence electrons. The molecule has 4 aromatic rings. The normalized spacial score (nSPS) is 11.3. The molecule has 0 aliphatic heterocycles. The summed E-state index contributed by atoms with van der Waals surface area (Å²) in [6.07, 6.45) is 3.13. The number of nitrogens with zero attached hydrogens (tertiary/aromatic N) is 4. The topological polar surface area (TPSA) is 103 Å². The van der Waals surface area contributed by atoms with E-state index in [-0.39, 0.29) is 18.0 Å². The Hall–Kier alpha value is -3.07. The molecule has 0 fully saturated rings. The molecule has 0 saturated heterocycles. The van der Waals surface area contributed by atoms with Crippen LogP contribution in [0.25, 0.3) is 22.1 Å². The van der Waals surface area contributed by atoms with E-state index in [0.717, 1.165) is 23.2 Å². The molecule has 8 nitrogen and oxygen atoms in total. The lowest BCUT2D eigenvalue weighted by molar-refractivity contribution is -0.116. The lowest BCUT2D eigenvalue weighted by atomic mass is 10.2. The molecule has 0 saturated carbocycles. The lowest BCUT2D eigenvalue weighted by Gasteiger charge is -2.04. The Morgan fingerprint density at radius 3 is 3.00 bits per heavy atom. The average Bonchev–Trinajstić information content (AvgIpc) is 3.22. The van der Waals surface area contributed by atoms with E-state index in [4.69, 9.17) is 4.42 Å². The highest BCUT2D eigenvalue weighted by Crippen LogP contribution is 2.24. The molecule has 3 aromatic heterocycles. The van der Waals surface area contributed by atoms with Gasteiger partial charge in [0.05, 0.1) is 6.33 Å². The van der Waals surface area contributed by atoms with Gasteiger partial charge in [-0.1, -0.05) is 30.4 Å². The van der Waals surface area contributed by atoms with Crippen LogP contribution in [0.3, 0.4) is 0 Å². The van der Waals surface area contributed by atoms with Crippen LogP contribution in [0.4, 0.5) is 5.13 Å². The predicted molar refractivity (Wildman–Crippen MR) is 98.3 cm³/mol. The van der Waals surface area contributed by atoms with Crippen molar-refractivity contribution in [1.29, 1.82) is 0 Å². The lowest BCUT2D eigenvalue weighted by Crippen LogP contribution is -2.27. The van der Waals surface area contributed by atoms with Crippen molar-refractivity contribution in [1.82, 2.24) is 19.7 Å². The third-order valence-corrected chi connectivity index (χ3v) is 4.74. The van der Waals surface area contributed by atoms with Gasteiger partial charge in [0, 0.05) is 11.8 Å². The fourth-order valence-corrected chi connectivity index (χ4v) is 3.52. The zero-order chi connectivity index (χ0) is 18.1. The number of anilines is 1. The molecule has 0 aliphatic carbocycles. The van der Waals surface area contributed by atoms with E-state index in [1.165, 1.54) is 22.2 Å². The van der Waals surface area contributed by atoms with Gasteiger partial charge in [0.1, 0.15) is 22.7 Å². The van der Waals surface area contributed by atoms with Crippen molar-refractivity contribution in [3.8, 4) is 0 Å². The molecule has 0 unspecified atom stereocenters. The third-order valence-electron chi connectivity index (χ3n) is 3.84. The second-order valence-corrected chi connectivity index (χ2v) is 6.81. The molecular formula is C17H15N5O3S. The fraction of sp³-hybridized carbons (Fsp3) is 0.235. The number of benzene rings is 1. The Balaban J connectivity index is 1.58. The first-order chi connectivity index (χ1) is 12.7. The number of hydrogen-bond donors (Lipinski definition) is 1. The maximum Gasteiger partial charge on any atom is 0.297 e. The van der Waals surface area contributed by atoms with Gasteiger partial charge in [0.2, 0.25) is 16.6 Å². The van der Waals surface area contributed by atoms with E-state index in [1.54, 1.807) is 6.07 Å². The predicted octanol–water partition coefficient (Wildman–Crippen LogP) is 2.59. The van der Waals surface area contributed by atoms with Crippen molar-refractivity contribution < 1.29 is 9.21 Å². The van der Waals surface area contributed by atoms with E-state index in [9.17, 15) is 9.59 Å². The minimum Gasteiger partial charge on any atom is -0.448 e. The van der Waals surface area contributed by atoms with Gasteiger partial charge < -0.3 is 4.42 Å². The molecule has 0 atom stereocenters. The van der Waals surface area contributed by atoms with Crippen LogP contribution in [0.1, 0.15) is 18.4 Å². The minimum atomic E-state index is -0.398. The summed E-state index contributed by atoms with van der Waals surface area (Å²) in [5, 5.41) is 12.7. The third kappa shape index (κ3) is 2.97. The van der Waals surface area contributed by atoms with Gasteiger partial charge in [0.15, 0.2) is 0 Å². The molecule has 0 aliphatic rings. The highest BCUT2D eigenvalue weighted by molar-refractivity contribution is 7.15. The number of para-hydroxylation sites is 1. The number of hydrogen-bond acceptors (Lipinski definition) is 7. The Bertz CT molecular complexity index is 1160. The first-order valence-electron chi connectivity index (χ1n) is 8.14. The van der Waals surface area contributed by atoms with E-state index < -0.39 is 5.56 Å². The van der Waals surface area contributed by atoms with Crippen molar-refractivity contribution >= 4 is 44.4 Å². The van der Waals surface area contributed by atoms with Crippen LogP contribution < -0.4 is 10.9 Å². The van der Waals surface area contributed by atoms with Gasteiger partial charge in [0.25, 0.3) is 5.56 Å². The summed E-state index contributed by atoms with van der Waals surface area (Å²) in [6.45, 7) is 1.87. The van der Waals surface area contributed by atoms with Gasteiger partial charge in [-0.2, -0.15) is 0 Å². The maximum absolute atomic E-state index is 12.6. The van der Waals surface area contributed by atoms with Crippen LogP contribution in [0.15, 0.2) is 39.8 Å². The Morgan fingerprint density at radius 1 is 1.31 bits per heavy atom. The highest BCUT2D eigenvalue weighted by Gasteiger charge is 2.15. The highest BCUT2D eigenvalue weighted by atomic mass is 32.1. The van der Waals surface area contributed by atoms with Gasteiger partial charge in [-0.05, 0) is 18.6 Å². The zero-order valence-electron chi connectivity index (χ0n) is 13.9. The number of amides is 1. The summed E-state index contributed by atoms with van der Waals surface area (Å²) in [5.41, 5.74) is 0.829. The summed E-state index contributed by atoms with van der Waals surface area (Å²) < 4.78 is 6.82. The number of aromatic nitrogens is 4. The molecule has 26 heavy (non-hydrogen) atoms. The van der Waals surface area contributed by atoms with E-state index in [2.05, 4.69) is 20.5 Å². The van der Waals surface area contributed by atoms with Crippen molar-refractivity contribution in [3.05, 3.63) is 46.0 Å². The number of rotatable bonds is 5. The van der Waals surface area contributed by atoms with Crippen molar-refractivity contribution in [2.24, 2.45) is 0 Å². The first-order valence-corrected chi connectivity index (χ1v) is 8.96. The summed E-state index contributed by atoms with van der Waals surface area (Å²) in [6, 6.07) is 7.29. The van der Waals surface area contributed by atoms with Crippen molar-refractivity contribution in [2.45, 2.75) is 26.3 Å². The first kappa shape index (κ1) is 16.4. The number of carbonyl (C=O) groups is 1. The van der Waals surface area contributed by atoms with Gasteiger partial charge in [-0.15, -0.1) is 10.2 Å². The largest absolute Gasteiger partial charge is 0.448 e. The maximum atomic E-state index is 12.6. The molecule has 0 spiro atoms. The smallest absolute Gasteiger partial charge is 0.297 e. The molecule has 3 heterocycles. The minimum absolute atomic E-state index is 0.141. The van der Waals surface area contributed by atoms with Crippen LogP contribution in [0.2, 0.25) is 0 Å². The molecule has 1 amide bonds. The number of fused-ring (bicyclic) bond motifs is 3. The molecule has 9 heteroatoms. The molecular weight excluding hydrogens is 354 g/mol. The van der Waals surface area contributed by atoms with Crippen LogP contribution in [0, 0.1) is 0 Å². The second kappa shape index (κ2) is 6.68. The van der Waals surface area contributed by atoms with Gasteiger partial charge >= 0.3 is 0 Å². The summed E-state index contributed by atoms with van der Waals surface area (Å²) in [5.74, 6) is -0.372. The number of aryl methyl sites for hydroxylation is 1. The second-order valence-electron chi connectivity index (χ2n) is 5.75. The molecule has 1 N–H and O–H groups in total. The average molecular weight is 369 g/mol. The fourth-order valence-electron chi connectivity index (χ4n) is 2.66. The van der Waals surface area contributed by atoms with E-state index >= 15 is 0 Å². The van der Waals surface area contributed by atoms with Crippen LogP contribution in [-0.4, -0.2) is 25.7 Å². The number of furan rings is 1. The summed E-state index contributed by atoms with van der Waals surface area (Å²) in [7, 11) is 0. The zero-order valence-corrected chi connectivity index (χ0v) is 14.7. The summed E-state index contributed by atoms with van der Waals surface area (Å²) >= 11 is 1.33. The Labute approximate surface area is 151 Å². The molecule has 0 bridgehead atoms. The number of nitrogens with one attached hydrogen (secondary N) is 1. The van der Waals surface area contributed by atoms with Crippen LogP contribution in [-0.2, 0) is 17.8 Å². The molecule has 4 rings (SSSR count). The monoisotopic (exact) mass is 369 g/mol. The Kier molecular flexibility index (Phi) is 4.21. The quantitative estimate of drug-likeness (QED) is 0.580. The standard InChI is InChI=1S/C17H15N5O3S/c1-2-5-13-20-21-17(26-13)19-12(23)8-22-9-18-14-10-6-3-4-7-11(10)25-15(14)16(22)24/h3-4,6-7,9H,2,5,8H2,1H3,(H,19,21,23). The van der Waals surface area contributed by atoms with Crippen LogP contribution in [0.5, 0.6) is 0 Å². The SMILES string of the molecule is CCCc1nnc(NC(=O)Cn2cnc3c(oc4ccccc43)c2=O)s1. The van der Waals surface area contributed by atoms with Crippen LogP contribution >= 0.6 is 11.3 Å². The van der Waals surface area contributed by atoms with Gasteiger partial charge in [-0.3, -0.25) is 19.5 Å². The molecule has 0 radical (unpaired) electrons.